The van der Waals surface area contributed by atoms with Crippen molar-refractivity contribution in [2.45, 2.75) is 19.3 Å². The van der Waals surface area contributed by atoms with Crippen LogP contribution in [0.15, 0.2) is 0 Å². The molecule has 0 aliphatic carbocycles. The monoisotopic (exact) mass is 234 g/mol. The van der Waals surface area contributed by atoms with Gasteiger partial charge < -0.3 is 9.80 Å². The zero-order chi connectivity index (χ0) is 12.3. The summed E-state index contributed by atoms with van der Waals surface area (Å²) in [6.07, 6.45) is -2.01. The number of hydrogen-bond acceptors (Lipinski definition) is 2. The van der Waals surface area contributed by atoms with Crippen LogP contribution in [-0.4, -0.2) is 55.2 Å². The minimum atomic E-state index is -2.94. The first kappa shape index (κ1) is 12.9. The molecule has 16 heavy (non-hydrogen) atoms. The Bertz CT molecular complexity index is 246. The summed E-state index contributed by atoms with van der Waals surface area (Å²) in [6, 6.07) is 0. The van der Waals surface area contributed by atoms with E-state index in [0.717, 1.165) is 4.90 Å². The van der Waals surface area contributed by atoms with Crippen LogP contribution in [0.3, 0.4) is 0 Å². The lowest BCUT2D eigenvalue weighted by Gasteiger charge is -2.32. The van der Waals surface area contributed by atoms with Gasteiger partial charge in [-0.1, -0.05) is 0 Å². The summed E-state index contributed by atoms with van der Waals surface area (Å²) < 4.78 is 24.3. The average molecular weight is 234 g/mol. The van der Waals surface area contributed by atoms with Crippen LogP contribution in [-0.2, 0) is 9.59 Å². The molecule has 6 heteroatoms. The fourth-order valence-electron chi connectivity index (χ4n) is 1.85. The average Bonchev–Trinajstić information content (AvgIpc) is 2.27. The van der Waals surface area contributed by atoms with Crippen molar-refractivity contribution in [1.82, 2.24) is 9.80 Å². The molecule has 0 aromatic heterocycles. The predicted octanol–water partition coefficient (Wildman–Crippen LogP) is 0.578. The molecule has 2 amide bonds. The first-order chi connectivity index (χ1) is 7.43. The number of rotatable bonds is 2. The molecule has 1 aliphatic rings. The first-order valence-electron chi connectivity index (χ1n) is 5.21. The van der Waals surface area contributed by atoms with E-state index in [9.17, 15) is 18.4 Å². The Labute approximate surface area is 93.2 Å². The topological polar surface area (TPSA) is 40.6 Å². The summed E-state index contributed by atoms with van der Waals surface area (Å²) in [5, 5.41) is 0. The Morgan fingerprint density at radius 2 is 1.75 bits per heavy atom. The highest BCUT2D eigenvalue weighted by Crippen LogP contribution is 2.19. The van der Waals surface area contributed by atoms with Crippen LogP contribution >= 0.6 is 0 Å². The van der Waals surface area contributed by atoms with Gasteiger partial charge in [0.05, 0.1) is 0 Å². The van der Waals surface area contributed by atoms with Crippen molar-refractivity contribution in [3.63, 3.8) is 0 Å². The first-order valence-corrected chi connectivity index (χ1v) is 5.21. The van der Waals surface area contributed by atoms with Crippen LogP contribution < -0.4 is 0 Å². The van der Waals surface area contributed by atoms with Crippen molar-refractivity contribution in [3.8, 4) is 0 Å². The van der Waals surface area contributed by atoms with Gasteiger partial charge in [-0.15, -0.1) is 0 Å². The number of nitrogens with zero attached hydrogens (tertiary/aromatic N) is 2. The molecule has 0 atom stereocenters. The Balaban J connectivity index is 2.45. The van der Waals surface area contributed by atoms with Gasteiger partial charge in [-0.2, -0.15) is 8.78 Å². The maximum absolute atomic E-state index is 12.1. The van der Waals surface area contributed by atoms with Crippen LogP contribution in [0.25, 0.3) is 0 Å². The highest BCUT2D eigenvalue weighted by Gasteiger charge is 2.31. The Morgan fingerprint density at radius 3 is 2.12 bits per heavy atom. The van der Waals surface area contributed by atoms with E-state index < -0.39 is 12.3 Å². The quantitative estimate of drug-likeness (QED) is 0.701. The van der Waals surface area contributed by atoms with Gasteiger partial charge in [0.15, 0.2) is 0 Å². The molecule has 0 aromatic carbocycles. The molecule has 0 bridgehead atoms. The Kier molecular flexibility index (Phi) is 4.20. The van der Waals surface area contributed by atoms with Crippen LogP contribution in [0.4, 0.5) is 8.78 Å². The highest BCUT2D eigenvalue weighted by atomic mass is 19.3. The zero-order valence-electron chi connectivity index (χ0n) is 9.45. The van der Waals surface area contributed by atoms with Gasteiger partial charge in [0, 0.05) is 33.1 Å². The van der Waals surface area contributed by atoms with E-state index in [1.54, 1.807) is 14.1 Å². The molecule has 1 heterocycles. The number of likely N-dealkylation sites (tertiary alicyclic amines) is 1. The number of carbonyl (C=O) groups is 2. The Morgan fingerprint density at radius 1 is 1.25 bits per heavy atom. The van der Waals surface area contributed by atoms with Crippen LogP contribution in [0.5, 0.6) is 0 Å². The van der Waals surface area contributed by atoms with Crippen molar-refractivity contribution in [2.24, 2.45) is 5.92 Å². The lowest BCUT2D eigenvalue weighted by molar-refractivity contribution is -0.146. The standard InChI is InChI=1S/C10H16F2N2O2/c1-13(2)9(15)7-3-5-14(6-4-7)10(16)8(11)12/h7-8H,3-6H2,1-2H3. The van der Waals surface area contributed by atoms with E-state index in [4.69, 9.17) is 0 Å². The second-order valence-electron chi connectivity index (χ2n) is 4.13. The van der Waals surface area contributed by atoms with Crippen molar-refractivity contribution in [3.05, 3.63) is 0 Å². The smallest absolute Gasteiger partial charge is 0.315 e. The maximum Gasteiger partial charge on any atom is 0.315 e. The van der Waals surface area contributed by atoms with Crippen LogP contribution in [0.2, 0.25) is 0 Å². The van der Waals surface area contributed by atoms with Crippen LogP contribution in [0, 0.1) is 5.92 Å². The van der Waals surface area contributed by atoms with Gasteiger partial charge in [-0.05, 0) is 12.8 Å². The third kappa shape index (κ3) is 2.90. The molecule has 1 fully saturated rings. The van der Waals surface area contributed by atoms with Crippen molar-refractivity contribution < 1.29 is 18.4 Å². The molecule has 0 N–H and O–H groups in total. The largest absolute Gasteiger partial charge is 0.349 e. The summed E-state index contributed by atoms with van der Waals surface area (Å²) in [6.45, 7) is 0.487. The predicted molar refractivity (Wildman–Crippen MR) is 54.0 cm³/mol. The molecule has 1 rings (SSSR count). The van der Waals surface area contributed by atoms with Crippen molar-refractivity contribution in [2.75, 3.05) is 27.2 Å². The molecule has 4 nitrogen and oxygen atoms in total. The molecular weight excluding hydrogens is 218 g/mol. The van der Waals surface area contributed by atoms with Crippen molar-refractivity contribution >= 4 is 11.8 Å². The van der Waals surface area contributed by atoms with E-state index in [2.05, 4.69) is 0 Å². The lowest BCUT2D eigenvalue weighted by atomic mass is 9.95. The second-order valence-corrected chi connectivity index (χ2v) is 4.13. The molecule has 0 radical (unpaired) electrons. The minimum absolute atomic E-state index is 0.00384. The van der Waals surface area contributed by atoms with Gasteiger partial charge >= 0.3 is 6.43 Å². The van der Waals surface area contributed by atoms with Gasteiger partial charge in [0.25, 0.3) is 5.91 Å². The van der Waals surface area contributed by atoms with Gasteiger partial charge in [0.2, 0.25) is 5.91 Å². The molecule has 0 spiro atoms. The summed E-state index contributed by atoms with van der Waals surface area (Å²) in [5.74, 6) is -1.27. The second kappa shape index (κ2) is 5.23. The molecule has 92 valence electrons. The molecule has 0 saturated carbocycles. The zero-order valence-corrected chi connectivity index (χ0v) is 9.45. The summed E-state index contributed by atoms with van der Waals surface area (Å²) >= 11 is 0. The normalized spacial score (nSPS) is 17.7. The SMILES string of the molecule is CN(C)C(=O)C1CCN(C(=O)C(F)F)CC1. The molecule has 1 aliphatic heterocycles. The fourth-order valence-corrected chi connectivity index (χ4v) is 1.85. The summed E-state index contributed by atoms with van der Waals surface area (Å²) in [5.41, 5.74) is 0. The number of alkyl halides is 2. The molecule has 0 unspecified atom stereocenters. The van der Waals surface area contributed by atoms with Crippen LogP contribution in [0.1, 0.15) is 12.8 Å². The Hall–Kier alpha value is -1.20. The molecule has 1 saturated heterocycles. The summed E-state index contributed by atoms with van der Waals surface area (Å²) in [7, 11) is 3.33. The van der Waals surface area contributed by atoms with E-state index in [1.807, 2.05) is 0 Å². The van der Waals surface area contributed by atoms with Gasteiger partial charge in [0.1, 0.15) is 0 Å². The molecular formula is C10H16F2N2O2. The number of halogens is 2. The maximum atomic E-state index is 12.1. The molecule has 0 aromatic rings. The van der Waals surface area contributed by atoms with E-state index >= 15 is 0 Å². The number of amides is 2. The van der Waals surface area contributed by atoms with E-state index in [1.165, 1.54) is 4.90 Å². The highest BCUT2D eigenvalue weighted by molar-refractivity contribution is 5.81. The fraction of sp³-hybridized carbons (Fsp3) is 0.800. The summed E-state index contributed by atoms with van der Waals surface area (Å²) in [4.78, 5) is 25.2. The number of hydrogen-bond donors (Lipinski definition) is 0. The lowest BCUT2D eigenvalue weighted by Crippen LogP contribution is -2.44. The third-order valence-electron chi connectivity index (χ3n) is 2.78. The van der Waals surface area contributed by atoms with E-state index in [-0.39, 0.29) is 24.9 Å². The van der Waals surface area contributed by atoms with Gasteiger partial charge in [-0.3, -0.25) is 9.59 Å². The number of piperidine rings is 1. The number of carbonyl (C=O) groups excluding carboxylic acids is 2. The van der Waals surface area contributed by atoms with Crippen molar-refractivity contribution in [1.29, 1.82) is 0 Å². The third-order valence-corrected chi connectivity index (χ3v) is 2.78. The van der Waals surface area contributed by atoms with E-state index in [0.29, 0.717) is 12.8 Å². The minimum Gasteiger partial charge on any atom is -0.349 e. The van der Waals surface area contributed by atoms with Gasteiger partial charge in [-0.25, -0.2) is 0 Å².